The summed E-state index contributed by atoms with van der Waals surface area (Å²) in [4.78, 5) is 11.7. The number of urea groups is 1. The number of rotatable bonds is 7. The van der Waals surface area contributed by atoms with Gasteiger partial charge in [-0.25, -0.2) is 9.48 Å². The second-order valence-electron chi connectivity index (χ2n) is 6.18. The summed E-state index contributed by atoms with van der Waals surface area (Å²) >= 11 is 0. The minimum Gasteiger partial charge on any atom is -0.384 e. The van der Waals surface area contributed by atoms with E-state index in [4.69, 9.17) is 10.5 Å². The normalized spacial score (nSPS) is 16.7. The van der Waals surface area contributed by atoms with Gasteiger partial charge in [0, 0.05) is 25.8 Å². The van der Waals surface area contributed by atoms with Crippen molar-refractivity contribution in [1.29, 1.82) is 0 Å². The number of para-hydroxylation sites is 1. The topological polar surface area (TPSA) is 94.2 Å². The molecule has 1 aliphatic heterocycles. The number of nitrogen functional groups attached to an aromatic ring is 1. The summed E-state index contributed by atoms with van der Waals surface area (Å²) in [6.45, 7) is 1.96. The van der Waals surface area contributed by atoms with Gasteiger partial charge in [0.1, 0.15) is 5.82 Å². The minimum atomic E-state index is -0.148. The molecule has 0 saturated carbocycles. The Labute approximate surface area is 147 Å². The molecule has 3 rings (SSSR count). The van der Waals surface area contributed by atoms with Gasteiger partial charge >= 0.3 is 6.03 Å². The van der Waals surface area contributed by atoms with Crippen molar-refractivity contribution in [3.05, 3.63) is 42.1 Å². The lowest BCUT2D eigenvalue weighted by molar-refractivity contribution is 0.111. The molecule has 1 saturated heterocycles. The van der Waals surface area contributed by atoms with Crippen LogP contribution >= 0.6 is 0 Å². The zero-order valence-electron chi connectivity index (χ0n) is 14.3. The Morgan fingerprint density at radius 2 is 2.16 bits per heavy atom. The van der Waals surface area contributed by atoms with E-state index in [1.165, 1.54) is 0 Å². The summed E-state index contributed by atoms with van der Waals surface area (Å²) in [6, 6.07) is 11.5. The van der Waals surface area contributed by atoms with E-state index in [-0.39, 0.29) is 12.1 Å². The van der Waals surface area contributed by atoms with Crippen LogP contribution in [0.25, 0.3) is 5.69 Å². The summed E-state index contributed by atoms with van der Waals surface area (Å²) in [5, 5.41) is 10.2. The molecule has 2 aromatic rings. The third-order valence-corrected chi connectivity index (χ3v) is 4.20. The molecule has 4 N–H and O–H groups in total. The van der Waals surface area contributed by atoms with Crippen LogP contribution in [0.2, 0.25) is 0 Å². The molecule has 134 valence electrons. The van der Waals surface area contributed by atoms with Crippen LogP contribution in [-0.4, -0.2) is 41.6 Å². The molecule has 7 nitrogen and oxygen atoms in total. The molecule has 25 heavy (non-hydrogen) atoms. The number of hydrogen-bond acceptors (Lipinski definition) is 4. The van der Waals surface area contributed by atoms with Gasteiger partial charge in [-0.05, 0) is 37.8 Å². The van der Waals surface area contributed by atoms with Gasteiger partial charge < -0.3 is 21.1 Å². The predicted octanol–water partition coefficient (Wildman–Crippen LogP) is 1.87. The summed E-state index contributed by atoms with van der Waals surface area (Å²) in [6.07, 6.45) is 3.82. The fourth-order valence-electron chi connectivity index (χ4n) is 2.89. The quantitative estimate of drug-likeness (QED) is 0.669. The number of nitrogens with zero attached hydrogens (tertiary/aromatic N) is 2. The largest absolute Gasteiger partial charge is 0.384 e. The molecule has 1 fully saturated rings. The van der Waals surface area contributed by atoms with E-state index in [1.807, 2.05) is 36.4 Å². The van der Waals surface area contributed by atoms with E-state index < -0.39 is 0 Å². The first-order chi connectivity index (χ1) is 12.2. The SMILES string of the molecule is Nc1cc(CCCNC(=O)NC[C@H]2CCCO2)nn1-c1ccccc1. The molecule has 1 aromatic carbocycles. The van der Waals surface area contributed by atoms with E-state index in [2.05, 4.69) is 15.7 Å². The lowest BCUT2D eigenvalue weighted by Gasteiger charge is -2.11. The van der Waals surface area contributed by atoms with Crippen molar-refractivity contribution in [2.75, 3.05) is 25.4 Å². The van der Waals surface area contributed by atoms with Crippen LogP contribution < -0.4 is 16.4 Å². The summed E-state index contributed by atoms with van der Waals surface area (Å²) in [7, 11) is 0. The number of hydrogen-bond donors (Lipinski definition) is 3. The lowest BCUT2D eigenvalue weighted by atomic mass is 10.2. The van der Waals surface area contributed by atoms with Crippen molar-refractivity contribution in [2.45, 2.75) is 31.8 Å². The van der Waals surface area contributed by atoms with Crippen LogP contribution in [0.1, 0.15) is 25.0 Å². The van der Waals surface area contributed by atoms with Gasteiger partial charge in [0.25, 0.3) is 0 Å². The Morgan fingerprint density at radius 1 is 1.32 bits per heavy atom. The van der Waals surface area contributed by atoms with Crippen molar-refractivity contribution in [2.24, 2.45) is 0 Å². The summed E-state index contributed by atoms with van der Waals surface area (Å²) in [5.74, 6) is 0.614. The maximum absolute atomic E-state index is 11.7. The molecule has 2 heterocycles. The predicted molar refractivity (Wildman–Crippen MR) is 96.7 cm³/mol. The van der Waals surface area contributed by atoms with E-state index in [1.54, 1.807) is 4.68 Å². The average Bonchev–Trinajstić information content (AvgIpc) is 3.27. The molecule has 0 bridgehead atoms. The summed E-state index contributed by atoms with van der Waals surface area (Å²) < 4.78 is 7.21. The highest BCUT2D eigenvalue weighted by molar-refractivity contribution is 5.73. The Bertz CT molecular complexity index is 680. The molecule has 0 unspecified atom stereocenters. The van der Waals surface area contributed by atoms with Gasteiger partial charge in [-0.3, -0.25) is 0 Å². The molecule has 0 aliphatic carbocycles. The van der Waals surface area contributed by atoms with Gasteiger partial charge in [0.15, 0.2) is 0 Å². The minimum absolute atomic E-state index is 0.148. The number of aryl methyl sites for hydroxylation is 1. The highest BCUT2D eigenvalue weighted by Crippen LogP contribution is 2.15. The number of aromatic nitrogens is 2. The number of nitrogens with two attached hydrogens (primary N) is 1. The van der Waals surface area contributed by atoms with Gasteiger partial charge in [-0.2, -0.15) is 5.10 Å². The summed E-state index contributed by atoms with van der Waals surface area (Å²) in [5.41, 5.74) is 7.90. The molecular formula is C18H25N5O2. The smallest absolute Gasteiger partial charge is 0.314 e. The molecule has 1 aliphatic rings. The third-order valence-electron chi connectivity index (χ3n) is 4.20. The molecule has 1 aromatic heterocycles. The van der Waals surface area contributed by atoms with Crippen LogP contribution in [0.3, 0.4) is 0 Å². The van der Waals surface area contributed by atoms with Crippen molar-refractivity contribution in [3.8, 4) is 5.69 Å². The van der Waals surface area contributed by atoms with Crippen molar-refractivity contribution >= 4 is 11.8 Å². The number of nitrogens with one attached hydrogen (secondary N) is 2. The second-order valence-corrected chi connectivity index (χ2v) is 6.18. The lowest BCUT2D eigenvalue weighted by Crippen LogP contribution is -2.40. The van der Waals surface area contributed by atoms with Gasteiger partial charge in [0.2, 0.25) is 0 Å². The van der Waals surface area contributed by atoms with Crippen molar-refractivity contribution in [3.63, 3.8) is 0 Å². The van der Waals surface area contributed by atoms with Crippen LogP contribution in [0, 0.1) is 0 Å². The molecule has 1 atom stereocenters. The molecule has 0 spiro atoms. The van der Waals surface area contributed by atoms with E-state index in [0.717, 1.165) is 43.7 Å². The average molecular weight is 343 g/mol. The van der Waals surface area contributed by atoms with Gasteiger partial charge in [0.05, 0.1) is 17.5 Å². The Balaban J connectivity index is 1.38. The number of carbonyl (C=O) groups excluding carboxylic acids is 1. The van der Waals surface area contributed by atoms with E-state index in [9.17, 15) is 4.79 Å². The standard InChI is InChI=1S/C18H25N5O2/c19-17-12-14(22-23(17)15-7-2-1-3-8-15)6-4-10-20-18(24)21-13-16-9-5-11-25-16/h1-3,7-8,12,16H,4-6,9-11,13,19H2,(H2,20,21,24)/t16-/m1/s1. The number of benzene rings is 1. The Kier molecular flexibility index (Phi) is 5.90. The number of ether oxygens (including phenoxy) is 1. The highest BCUT2D eigenvalue weighted by atomic mass is 16.5. The van der Waals surface area contributed by atoms with Crippen LogP contribution in [0.4, 0.5) is 10.6 Å². The van der Waals surface area contributed by atoms with Crippen LogP contribution in [0.5, 0.6) is 0 Å². The number of amides is 2. The highest BCUT2D eigenvalue weighted by Gasteiger charge is 2.15. The molecule has 0 radical (unpaired) electrons. The van der Waals surface area contributed by atoms with Crippen molar-refractivity contribution < 1.29 is 9.53 Å². The first-order valence-electron chi connectivity index (χ1n) is 8.75. The molecule has 7 heteroatoms. The second kappa shape index (κ2) is 8.53. The third kappa shape index (κ3) is 4.96. The fraction of sp³-hybridized carbons (Fsp3) is 0.444. The molecular weight excluding hydrogens is 318 g/mol. The Morgan fingerprint density at radius 3 is 2.92 bits per heavy atom. The number of carbonyl (C=O) groups is 1. The van der Waals surface area contributed by atoms with Crippen LogP contribution in [0.15, 0.2) is 36.4 Å². The number of anilines is 1. The first kappa shape index (κ1) is 17.3. The first-order valence-corrected chi connectivity index (χ1v) is 8.75. The van der Waals surface area contributed by atoms with Crippen molar-refractivity contribution in [1.82, 2.24) is 20.4 Å². The van der Waals surface area contributed by atoms with Gasteiger partial charge in [-0.15, -0.1) is 0 Å². The maximum Gasteiger partial charge on any atom is 0.314 e. The van der Waals surface area contributed by atoms with E-state index >= 15 is 0 Å². The van der Waals surface area contributed by atoms with E-state index in [0.29, 0.717) is 18.9 Å². The van der Waals surface area contributed by atoms with Crippen LogP contribution in [-0.2, 0) is 11.2 Å². The fourth-order valence-corrected chi connectivity index (χ4v) is 2.89. The Hall–Kier alpha value is -2.54. The monoisotopic (exact) mass is 343 g/mol. The van der Waals surface area contributed by atoms with Gasteiger partial charge in [-0.1, -0.05) is 18.2 Å². The maximum atomic E-state index is 11.7. The zero-order valence-corrected chi connectivity index (χ0v) is 14.3. The zero-order chi connectivity index (χ0) is 17.5. The molecule has 2 amide bonds.